The van der Waals surface area contributed by atoms with Gasteiger partial charge in [-0.1, -0.05) is 56.9 Å². The average molecular weight is 313 g/mol. The van der Waals surface area contributed by atoms with Crippen LogP contribution in [0.5, 0.6) is 0 Å². The fraction of sp³-hybridized carbons (Fsp3) is 0.714. The molecule has 1 aromatic carbocycles. The fourth-order valence-corrected chi connectivity index (χ4v) is 5.90. The van der Waals surface area contributed by atoms with Crippen LogP contribution >= 0.6 is 0 Å². The van der Waals surface area contributed by atoms with Gasteiger partial charge in [-0.25, -0.2) is 0 Å². The number of hydrogen-bond acceptors (Lipinski definition) is 2. The lowest BCUT2D eigenvalue weighted by Gasteiger charge is -2.64. The molecule has 1 aliphatic heterocycles. The third-order valence-corrected chi connectivity index (χ3v) is 7.05. The Morgan fingerprint density at radius 3 is 2.83 bits per heavy atom. The van der Waals surface area contributed by atoms with Gasteiger partial charge in [0.25, 0.3) is 0 Å². The van der Waals surface area contributed by atoms with Crippen molar-refractivity contribution < 1.29 is 5.11 Å². The number of benzene rings is 1. The minimum Gasteiger partial charge on any atom is -0.387 e. The molecule has 2 fully saturated rings. The van der Waals surface area contributed by atoms with E-state index in [9.17, 15) is 5.11 Å². The summed E-state index contributed by atoms with van der Waals surface area (Å²) in [5, 5.41) is 11.9. The first-order valence-electron chi connectivity index (χ1n) is 9.76. The lowest BCUT2D eigenvalue weighted by molar-refractivity contribution is -0.166. The number of hydrogen-bond donors (Lipinski definition) is 1. The molecule has 0 spiro atoms. The minimum atomic E-state index is -0.496. The van der Waals surface area contributed by atoms with Crippen LogP contribution in [0.2, 0.25) is 0 Å². The molecular weight excluding hydrogens is 282 g/mol. The van der Waals surface area contributed by atoms with Crippen molar-refractivity contribution in [3.8, 4) is 0 Å². The van der Waals surface area contributed by atoms with Crippen molar-refractivity contribution in [2.24, 2.45) is 0 Å². The van der Waals surface area contributed by atoms with Crippen molar-refractivity contribution in [3.05, 3.63) is 35.4 Å². The molecule has 0 amide bonds. The molecule has 1 heterocycles. The van der Waals surface area contributed by atoms with Crippen molar-refractivity contribution in [1.82, 2.24) is 4.90 Å². The molecule has 23 heavy (non-hydrogen) atoms. The molecule has 126 valence electrons. The fourth-order valence-electron chi connectivity index (χ4n) is 5.90. The van der Waals surface area contributed by atoms with Crippen LogP contribution in [0.4, 0.5) is 0 Å². The number of nitrogens with zero attached hydrogens (tertiary/aromatic N) is 1. The molecule has 1 N–H and O–H groups in total. The molecule has 0 unspecified atom stereocenters. The lowest BCUT2D eigenvalue weighted by atomic mass is 9.49. The van der Waals surface area contributed by atoms with Gasteiger partial charge >= 0.3 is 0 Å². The van der Waals surface area contributed by atoms with Gasteiger partial charge in [-0.15, -0.1) is 0 Å². The molecule has 1 saturated heterocycles. The molecule has 2 nitrogen and oxygen atoms in total. The molecule has 2 bridgehead atoms. The Kier molecular flexibility index (Phi) is 4.01. The number of aliphatic hydroxyl groups is 1. The molecule has 1 aromatic rings. The van der Waals surface area contributed by atoms with Gasteiger partial charge in [0.15, 0.2) is 0 Å². The summed E-state index contributed by atoms with van der Waals surface area (Å²) in [7, 11) is 0. The van der Waals surface area contributed by atoms with Crippen molar-refractivity contribution in [3.63, 3.8) is 0 Å². The highest BCUT2D eigenvalue weighted by atomic mass is 16.3. The maximum Gasteiger partial charge on any atom is 0.0901 e. The zero-order chi connectivity index (χ0) is 15.9. The van der Waals surface area contributed by atoms with Crippen molar-refractivity contribution in [2.45, 2.75) is 81.8 Å². The van der Waals surface area contributed by atoms with Gasteiger partial charge in [0, 0.05) is 11.5 Å². The first-order chi connectivity index (χ1) is 11.2. The normalized spacial score (nSPS) is 36.3. The number of rotatable bonds is 4. The quantitative estimate of drug-likeness (QED) is 0.848. The number of unbranched alkanes of at least 4 members (excludes halogenated alkanes) is 2. The van der Waals surface area contributed by atoms with Crippen LogP contribution in [-0.4, -0.2) is 34.7 Å². The molecule has 2 heteroatoms. The van der Waals surface area contributed by atoms with E-state index in [1.54, 1.807) is 0 Å². The molecule has 1 saturated carbocycles. The van der Waals surface area contributed by atoms with Gasteiger partial charge in [-0.2, -0.15) is 0 Å². The molecule has 3 aliphatic rings. The Bertz CT molecular complexity index is 571. The highest BCUT2D eigenvalue weighted by Gasteiger charge is 2.62. The largest absolute Gasteiger partial charge is 0.387 e. The van der Waals surface area contributed by atoms with Gasteiger partial charge in [-0.05, 0) is 56.3 Å². The summed E-state index contributed by atoms with van der Waals surface area (Å²) in [6.45, 7) is 4.61. The van der Waals surface area contributed by atoms with E-state index in [4.69, 9.17) is 0 Å². The molecule has 2 aliphatic carbocycles. The first-order valence-corrected chi connectivity index (χ1v) is 9.76. The number of piperidine rings is 1. The summed E-state index contributed by atoms with van der Waals surface area (Å²) in [4.78, 5) is 2.63. The van der Waals surface area contributed by atoms with Crippen LogP contribution in [0.3, 0.4) is 0 Å². The maximum atomic E-state index is 11.9. The van der Waals surface area contributed by atoms with Crippen molar-refractivity contribution in [1.29, 1.82) is 0 Å². The van der Waals surface area contributed by atoms with E-state index < -0.39 is 5.60 Å². The Balaban J connectivity index is 1.72. The number of fused-ring (bicyclic) bond motifs is 1. The van der Waals surface area contributed by atoms with Gasteiger partial charge < -0.3 is 5.11 Å². The second kappa shape index (κ2) is 5.89. The standard InChI is InChI=1S/C21H31NO/c1-2-3-8-14-22-15-13-20-11-6-7-12-21(20,23)19(22)16-17-9-4-5-10-18(17)20/h4-5,9-10,19,23H,2-3,6-8,11-16H2,1H3/t19-,20+,21-/m1/s1. The Labute approximate surface area is 140 Å². The Hall–Kier alpha value is -0.860. The van der Waals surface area contributed by atoms with E-state index in [0.29, 0.717) is 6.04 Å². The number of likely N-dealkylation sites (tertiary alicyclic amines) is 1. The monoisotopic (exact) mass is 313 g/mol. The predicted molar refractivity (Wildman–Crippen MR) is 94.7 cm³/mol. The third kappa shape index (κ3) is 2.21. The summed E-state index contributed by atoms with van der Waals surface area (Å²) in [6.07, 6.45) is 10.7. The molecule has 0 aromatic heterocycles. The summed E-state index contributed by atoms with van der Waals surface area (Å²) in [6, 6.07) is 9.32. The highest BCUT2D eigenvalue weighted by molar-refractivity contribution is 5.44. The van der Waals surface area contributed by atoms with Crippen LogP contribution < -0.4 is 0 Å². The smallest absolute Gasteiger partial charge is 0.0901 e. The maximum absolute atomic E-state index is 11.9. The highest BCUT2D eigenvalue weighted by Crippen LogP contribution is 2.57. The van der Waals surface area contributed by atoms with E-state index >= 15 is 0 Å². The van der Waals surface area contributed by atoms with Crippen LogP contribution in [0, 0.1) is 0 Å². The SMILES string of the molecule is CCCCCN1CC[C@]23CCCC[C@@]2(O)[C@H]1Cc1ccccc13. The first kappa shape index (κ1) is 15.7. The van der Waals surface area contributed by atoms with E-state index in [2.05, 4.69) is 36.1 Å². The van der Waals surface area contributed by atoms with Crippen LogP contribution in [0.15, 0.2) is 24.3 Å². The van der Waals surface area contributed by atoms with Gasteiger partial charge in [0.2, 0.25) is 0 Å². The summed E-state index contributed by atoms with van der Waals surface area (Å²) < 4.78 is 0. The van der Waals surface area contributed by atoms with Gasteiger partial charge in [-0.3, -0.25) is 4.90 Å². The lowest BCUT2D eigenvalue weighted by Crippen LogP contribution is -2.72. The average Bonchev–Trinajstić information content (AvgIpc) is 2.57. The molecule has 3 atom stereocenters. The second-order valence-corrected chi connectivity index (χ2v) is 8.08. The second-order valence-electron chi connectivity index (χ2n) is 8.08. The zero-order valence-electron chi connectivity index (χ0n) is 14.6. The topological polar surface area (TPSA) is 23.5 Å². The van der Waals surface area contributed by atoms with E-state index in [0.717, 1.165) is 19.3 Å². The van der Waals surface area contributed by atoms with Crippen LogP contribution in [0.1, 0.15) is 69.4 Å². The van der Waals surface area contributed by atoms with Crippen molar-refractivity contribution in [2.75, 3.05) is 13.1 Å². The van der Waals surface area contributed by atoms with Crippen LogP contribution in [0.25, 0.3) is 0 Å². The minimum absolute atomic E-state index is 0.0337. The van der Waals surface area contributed by atoms with E-state index in [1.165, 1.54) is 62.7 Å². The third-order valence-electron chi connectivity index (χ3n) is 7.05. The Morgan fingerprint density at radius 1 is 1.13 bits per heavy atom. The Morgan fingerprint density at radius 2 is 1.96 bits per heavy atom. The van der Waals surface area contributed by atoms with E-state index in [-0.39, 0.29) is 5.41 Å². The van der Waals surface area contributed by atoms with Gasteiger partial charge in [0.05, 0.1) is 5.60 Å². The molecular formula is C21H31NO. The molecule has 0 radical (unpaired) electrons. The van der Waals surface area contributed by atoms with E-state index in [1.807, 2.05) is 0 Å². The zero-order valence-corrected chi connectivity index (χ0v) is 14.6. The van der Waals surface area contributed by atoms with Crippen LogP contribution in [-0.2, 0) is 11.8 Å². The molecule has 4 rings (SSSR count). The predicted octanol–water partition coefficient (Wildman–Crippen LogP) is 4.05. The summed E-state index contributed by atoms with van der Waals surface area (Å²) in [5.74, 6) is 0. The van der Waals surface area contributed by atoms with Crippen molar-refractivity contribution >= 4 is 0 Å². The summed E-state index contributed by atoms with van der Waals surface area (Å²) in [5.41, 5.74) is 2.52. The van der Waals surface area contributed by atoms with Gasteiger partial charge in [0.1, 0.15) is 0 Å². The summed E-state index contributed by atoms with van der Waals surface area (Å²) >= 11 is 0.